The molecule has 0 bridgehead atoms. The minimum absolute atomic E-state index is 0.0667. The molecule has 1 aliphatic rings. The van der Waals surface area contributed by atoms with Crippen LogP contribution in [0.1, 0.15) is 51.4 Å². The highest BCUT2D eigenvalue weighted by Gasteiger charge is 2.43. The number of phenolic OH excluding ortho intramolecular Hbond substituents is 1. The third-order valence-corrected chi connectivity index (χ3v) is 7.11. The van der Waals surface area contributed by atoms with Crippen molar-refractivity contribution in [1.82, 2.24) is 4.98 Å². The minimum Gasteiger partial charge on any atom is -0.506 e. The van der Waals surface area contributed by atoms with Gasteiger partial charge in [0.05, 0.1) is 45.2 Å². The number of benzene rings is 2. The molecule has 212 valence electrons. The quantitative estimate of drug-likeness (QED) is 0.291. The van der Waals surface area contributed by atoms with E-state index in [4.69, 9.17) is 18.6 Å². The molecule has 1 amide bonds. The van der Waals surface area contributed by atoms with Crippen LogP contribution in [0.4, 0.5) is 18.9 Å². The fourth-order valence-corrected chi connectivity index (χ4v) is 5.34. The summed E-state index contributed by atoms with van der Waals surface area (Å²) in [4.78, 5) is 29.9. The molecule has 2 N–H and O–H groups in total. The molecule has 2 aromatic heterocycles. The van der Waals surface area contributed by atoms with Gasteiger partial charge in [-0.25, -0.2) is 4.79 Å². The lowest BCUT2D eigenvalue weighted by Gasteiger charge is -2.16. The molecule has 13 heteroatoms. The van der Waals surface area contributed by atoms with Crippen molar-refractivity contribution < 1.29 is 51.2 Å². The summed E-state index contributed by atoms with van der Waals surface area (Å²) in [6.07, 6.45) is -4.51. The summed E-state index contributed by atoms with van der Waals surface area (Å²) in [5, 5.41) is 11.1. The van der Waals surface area contributed by atoms with E-state index in [0.717, 1.165) is 7.11 Å². The van der Waals surface area contributed by atoms with Crippen LogP contribution >= 0.6 is 0 Å². The number of fused-ring (bicyclic) bond motifs is 4. The molecule has 40 heavy (non-hydrogen) atoms. The summed E-state index contributed by atoms with van der Waals surface area (Å²) in [5.41, 5.74) is -1.67. The van der Waals surface area contributed by atoms with E-state index in [2.05, 4.69) is 9.72 Å². The topological polar surface area (TPSA) is 123 Å². The van der Waals surface area contributed by atoms with Crippen molar-refractivity contribution in [3.8, 4) is 23.0 Å². The fourth-order valence-electron chi connectivity index (χ4n) is 5.34. The lowest BCUT2D eigenvalue weighted by Crippen LogP contribution is -2.29. The Kier molecular flexibility index (Phi) is 6.47. The summed E-state index contributed by atoms with van der Waals surface area (Å²) in [6, 6.07) is 4.30. The Bertz CT molecular complexity index is 1670. The number of esters is 1. The molecule has 1 aliphatic heterocycles. The summed E-state index contributed by atoms with van der Waals surface area (Å²) in [6.45, 7) is 1.87. The minimum atomic E-state index is -4.94. The largest absolute Gasteiger partial charge is 0.506 e. The summed E-state index contributed by atoms with van der Waals surface area (Å²) in [5.74, 6) is -2.14. The van der Waals surface area contributed by atoms with Crippen molar-refractivity contribution in [2.24, 2.45) is 0 Å². The van der Waals surface area contributed by atoms with E-state index in [1.165, 1.54) is 38.4 Å². The number of methoxy groups -OCH3 is 4. The number of aromatic amines is 1. The Morgan fingerprint density at radius 2 is 1.80 bits per heavy atom. The predicted molar refractivity (Wildman–Crippen MR) is 137 cm³/mol. The van der Waals surface area contributed by atoms with Gasteiger partial charge in [-0.2, -0.15) is 13.2 Å². The fraction of sp³-hybridized carbons (Fsp3) is 0.333. The number of rotatable bonds is 6. The molecule has 0 saturated carbocycles. The van der Waals surface area contributed by atoms with Gasteiger partial charge < -0.3 is 38.4 Å². The Morgan fingerprint density at radius 1 is 1.10 bits per heavy atom. The molecular weight excluding hydrogens is 537 g/mol. The molecule has 0 spiro atoms. The van der Waals surface area contributed by atoms with E-state index in [1.807, 2.05) is 0 Å². The van der Waals surface area contributed by atoms with Crippen molar-refractivity contribution in [2.45, 2.75) is 25.4 Å². The average molecular weight is 562 g/mol. The molecule has 10 nitrogen and oxygen atoms in total. The van der Waals surface area contributed by atoms with Gasteiger partial charge in [-0.1, -0.05) is 6.92 Å². The van der Waals surface area contributed by atoms with Crippen LogP contribution in [-0.2, 0) is 10.9 Å². The second-order valence-corrected chi connectivity index (χ2v) is 9.14. The number of carbonyl (C=O) groups is 2. The van der Waals surface area contributed by atoms with Crippen LogP contribution in [0, 0.1) is 0 Å². The number of phenols is 1. The smallest absolute Gasteiger partial charge is 0.432 e. The normalized spacial score (nSPS) is 15.0. The van der Waals surface area contributed by atoms with E-state index < -0.39 is 41.0 Å². The van der Waals surface area contributed by atoms with Crippen LogP contribution in [0.2, 0.25) is 0 Å². The van der Waals surface area contributed by atoms with Crippen LogP contribution in [0.5, 0.6) is 23.0 Å². The maximum Gasteiger partial charge on any atom is 0.432 e. The molecular formula is C27H25F3N2O8. The number of ether oxygens (including phenoxy) is 4. The Balaban J connectivity index is 1.71. The number of aromatic nitrogens is 1. The van der Waals surface area contributed by atoms with Crippen molar-refractivity contribution in [2.75, 3.05) is 39.9 Å². The number of anilines is 1. The van der Waals surface area contributed by atoms with Crippen LogP contribution in [0.3, 0.4) is 0 Å². The first-order valence-corrected chi connectivity index (χ1v) is 12.1. The number of amides is 1. The van der Waals surface area contributed by atoms with Gasteiger partial charge in [0.15, 0.2) is 17.1 Å². The van der Waals surface area contributed by atoms with Crippen LogP contribution < -0.4 is 19.1 Å². The third-order valence-electron chi connectivity index (χ3n) is 7.11. The maximum absolute atomic E-state index is 13.9. The van der Waals surface area contributed by atoms with Gasteiger partial charge in [-0.05, 0) is 24.1 Å². The van der Waals surface area contributed by atoms with Crippen molar-refractivity contribution in [1.29, 1.82) is 0 Å². The molecule has 0 unspecified atom stereocenters. The van der Waals surface area contributed by atoms with Gasteiger partial charge in [0.2, 0.25) is 11.5 Å². The maximum atomic E-state index is 13.9. The zero-order valence-corrected chi connectivity index (χ0v) is 22.1. The van der Waals surface area contributed by atoms with Crippen LogP contribution in [0.15, 0.2) is 22.6 Å². The lowest BCUT2D eigenvalue weighted by molar-refractivity contribution is -0.141. The second-order valence-electron chi connectivity index (χ2n) is 9.14. The molecule has 0 fully saturated rings. The first-order valence-electron chi connectivity index (χ1n) is 12.1. The van der Waals surface area contributed by atoms with E-state index in [1.54, 1.807) is 13.0 Å². The summed E-state index contributed by atoms with van der Waals surface area (Å²) < 4.78 is 68.5. The number of nitrogens with zero attached hydrogens (tertiary/aromatic N) is 1. The highest BCUT2D eigenvalue weighted by Crippen LogP contribution is 2.50. The Morgan fingerprint density at radius 3 is 2.38 bits per heavy atom. The summed E-state index contributed by atoms with van der Waals surface area (Å²) >= 11 is 0. The van der Waals surface area contributed by atoms with Gasteiger partial charge in [0.1, 0.15) is 11.4 Å². The van der Waals surface area contributed by atoms with E-state index in [0.29, 0.717) is 23.1 Å². The van der Waals surface area contributed by atoms with Crippen molar-refractivity contribution in [3.63, 3.8) is 0 Å². The van der Waals surface area contributed by atoms with Gasteiger partial charge in [-0.3, -0.25) is 4.79 Å². The SMILES string of the molecule is CC[C@@H]1CN(C(=O)c2cc3cc(OC)c(OC)c(OC)c3o2)c2cc(O)c3[nH]c(C(F)(F)F)c(C(=O)OC)c3c21. The number of nitrogens with one attached hydrogen (secondary N) is 1. The zero-order valence-electron chi connectivity index (χ0n) is 22.1. The van der Waals surface area contributed by atoms with E-state index in [-0.39, 0.29) is 46.0 Å². The molecule has 4 aromatic rings. The van der Waals surface area contributed by atoms with Crippen molar-refractivity contribution in [3.05, 3.63) is 40.8 Å². The van der Waals surface area contributed by atoms with E-state index >= 15 is 0 Å². The average Bonchev–Trinajstić information content (AvgIpc) is 3.64. The third kappa shape index (κ3) is 3.87. The van der Waals surface area contributed by atoms with Gasteiger partial charge >= 0.3 is 12.1 Å². The molecule has 3 heterocycles. The Hall–Kier alpha value is -4.55. The molecule has 0 radical (unpaired) electrons. The zero-order chi connectivity index (χ0) is 29.1. The highest BCUT2D eigenvalue weighted by atomic mass is 19.4. The molecule has 5 rings (SSSR count). The highest BCUT2D eigenvalue weighted by molar-refractivity contribution is 6.14. The van der Waals surface area contributed by atoms with Crippen molar-refractivity contribution >= 4 is 39.4 Å². The number of alkyl halides is 3. The first-order chi connectivity index (χ1) is 19.0. The molecule has 1 atom stereocenters. The predicted octanol–water partition coefficient (Wildman–Crippen LogP) is 5.60. The molecule has 0 saturated heterocycles. The lowest BCUT2D eigenvalue weighted by atomic mass is 9.92. The van der Waals surface area contributed by atoms with Gasteiger partial charge in [-0.15, -0.1) is 0 Å². The Labute approximate surface area is 225 Å². The molecule has 2 aromatic carbocycles. The monoisotopic (exact) mass is 562 g/mol. The number of halogens is 3. The van der Waals surface area contributed by atoms with Crippen LogP contribution in [0.25, 0.3) is 21.9 Å². The number of carbonyl (C=O) groups excluding carboxylic acids is 2. The summed E-state index contributed by atoms with van der Waals surface area (Å²) in [7, 11) is 5.25. The van der Waals surface area contributed by atoms with E-state index in [9.17, 15) is 27.9 Å². The number of hydrogen-bond acceptors (Lipinski definition) is 8. The number of furan rings is 1. The molecule has 0 aliphatic carbocycles. The first kappa shape index (κ1) is 27.0. The number of H-pyrrole nitrogens is 1. The van der Waals surface area contributed by atoms with Gasteiger partial charge in [0.25, 0.3) is 5.91 Å². The van der Waals surface area contributed by atoms with Gasteiger partial charge in [0, 0.05) is 29.3 Å². The standard InChI is InChI=1S/C27H25F3N2O8/c1-6-11-10-32(25(34)16-8-12-7-15(36-2)22(37-3)23(38-4)21(12)40-16)13-9-14(33)20-18(17(11)13)19(26(35)39-5)24(31-20)27(28,29)30/h7-9,11,31,33H,6,10H2,1-5H3/t11-/m1/s1. The van der Waals surface area contributed by atoms with Crippen LogP contribution in [-0.4, -0.2) is 57.0 Å². The number of hydrogen-bond donors (Lipinski definition) is 2. The number of aromatic hydroxyl groups is 1. The second kappa shape index (κ2) is 9.57.